The van der Waals surface area contributed by atoms with Crippen molar-refractivity contribution in [2.45, 2.75) is 25.9 Å². The van der Waals surface area contributed by atoms with E-state index in [4.69, 9.17) is 9.47 Å². The van der Waals surface area contributed by atoms with E-state index in [1.807, 2.05) is 31.2 Å². The molecule has 2 N–H and O–H groups in total. The quantitative estimate of drug-likeness (QED) is 0.342. The van der Waals surface area contributed by atoms with Crippen LogP contribution in [-0.4, -0.2) is 44.3 Å². The number of methoxy groups -OCH3 is 1. The Bertz CT molecular complexity index is 764. The maximum atomic E-state index is 12.6. The van der Waals surface area contributed by atoms with Crippen LogP contribution in [-0.2, 0) is 12.6 Å². The van der Waals surface area contributed by atoms with E-state index in [0.717, 1.165) is 34.6 Å². The molecule has 0 atom stereocenters. The Morgan fingerprint density at radius 1 is 1.17 bits per heavy atom. The van der Waals surface area contributed by atoms with Crippen LogP contribution in [0.15, 0.2) is 34.6 Å². The topological polar surface area (TPSA) is 67.8 Å². The molecule has 2 rings (SSSR count). The van der Waals surface area contributed by atoms with Crippen molar-refractivity contribution in [1.82, 2.24) is 15.6 Å². The van der Waals surface area contributed by atoms with Crippen molar-refractivity contribution in [1.29, 1.82) is 0 Å². The maximum absolute atomic E-state index is 12.6. The summed E-state index contributed by atoms with van der Waals surface area (Å²) in [6.45, 7) is 4.15. The van der Waals surface area contributed by atoms with Crippen molar-refractivity contribution < 1.29 is 22.6 Å². The lowest BCUT2D eigenvalue weighted by Crippen LogP contribution is -2.38. The molecule has 0 saturated heterocycles. The smallest absolute Gasteiger partial charge is 0.434 e. The van der Waals surface area contributed by atoms with E-state index in [1.165, 1.54) is 0 Å². The lowest BCUT2D eigenvalue weighted by atomic mass is 10.3. The molecule has 0 radical (unpaired) electrons. The van der Waals surface area contributed by atoms with Crippen LogP contribution in [0.1, 0.15) is 24.0 Å². The standard InChI is InChI=1S/C19H25F3N4O2S/c1-3-23-18(25-11-9-17-26-16(13-29-17)19(20,21)22)24-10-4-12-28-15-7-5-14(27-2)6-8-15/h5-8,13H,3-4,9-12H2,1-2H3,(H2,23,24,25). The van der Waals surface area contributed by atoms with Gasteiger partial charge in [0.05, 0.1) is 18.7 Å². The van der Waals surface area contributed by atoms with Gasteiger partial charge in [-0.05, 0) is 31.2 Å². The number of alkyl halides is 3. The van der Waals surface area contributed by atoms with Crippen LogP contribution in [0.2, 0.25) is 0 Å². The maximum Gasteiger partial charge on any atom is 0.434 e. The van der Waals surface area contributed by atoms with Gasteiger partial charge in [-0.1, -0.05) is 0 Å². The molecule has 0 spiro atoms. The molecule has 0 aliphatic heterocycles. The highest BCUT2D eigenvalue weighted by Crippen LogP contribution is 2.30. The number of nitrogens with zero attached hydrogens (tertiary/aromatic N) is 2. The van der Waals surface area contributed by atoms with Gasteiger partial charge in [0, 0.05) is 37.9 Å². The first-order valence-corrected chi connectivity index (χ1v) is 10.1. The van der Waals surface area contributed by atoms with Crippen LogP contribution in [0.25, 0.3) is 0 Å². The molecule has 0 bridgehead atoms. The molecule has 0 amide bonds. The van der Waals surface area contributed by atoms with Gasteiger partial charge in [0.25, 0.3) is 0 Å². The fourth-order valence-corrected chi connectivity index (χ4v) is 3.11. The van der Waals surface area contributed by atoms with E-state index in [9.17, 15) is 13.2 Å². The van der Waals surface area contributed by atoms with Crippen molar-refractivity contribution in [2.24, 2.45) is 4.99 Å². The summed E-state index contributed by atoms with van der Waals surface area (Å²) in [6, 6.07) is 7.36. The molecule has 1 heterocycles. The minimum Gasteiger partial charge on any atom is -0.497 e. The van der Waals surface area contributed by atoms with Gasteiger partial charge in [0.2, 0.25) is 0 Å². The third-order valence-corrected chi connectivity index (χ3v) is 4.63. The highest BCUT2D eigenvalue weighted by Gasteiger charge is 2.33. The van der Waals surface area contributed by atoms with Crippen LogP contribution in [0.3, 0.4) is 0 Å². The van der Waals surface area contributed by atoms with Gasteiger partial charge in [-0.25, -0.2) is 4.98 Å². The molecule has 0 fully saturated rings. The highest BCUT2D eigenvalue weighted by atomic mass is 32.1. The molecule has 29 heavy (non-hydrogen) atoms. The van der Waals surface area contributed by atoms with Crippen molar-refractivity contribution >= 4 is 17.3 Å². The van der Waals surface area contributed by atoms with E-state index in [1.54, 1.807) is 7.11 Å². The number of benzene rings is 1. The number of thiazole rings is 1. The van der Waals surface area contributed by atoms with Crippen molar-refractivity contribution in [3.8, 4) is 11.5 Å². The van der Waals surface area contributed by atoms with Crippen LogP contribution >= 0.6 is 11.3 Å². The lowest BCUT2D eigenvalue weighted by molar-refractivity contribution is -0.140. The zero-order valence-electron chi connectivity index (χ0n) is 16.4. The summed E-state index contributed by atoms with van der Waals surface area (Å²) < 4.78 is 48.5. The van der Waals surface area contributed by atoms with Gasteiger partial charge in [0.1, 0.15) is 11.5 Å². The molecule has 0 aliphatic carbocycles. The van der Waals surface area contributed by atoms with Crippen molar-refractivity contribution in [2.75, 3.05) is 33.4 Å². The Hall–Kier alpha value is -2.49. The predicted octanol–water partition coefficient (Wildman–Crippen LogP) is 3.74. The van der Waals surface area contributed by atoms with E-state index in [0.29, 0.717) is 43.6 Å². The van der Waals surface area contributed by atoms with Gasteiger partial charge >= 0.3 is 6.18 Å². The SMILES string of the molecule is CCNC(=NCCCOc1ccc(OC)cc1)NCCc1nc(C(F)(F)F)cs1. The van der Waals surface area contributed by atoms with E-state index in [-0.39, 0.29) is 0 Å². The van der Waals surface area contributed by atoms with Gasteiger partial charge in [0.15, 0.2) is 11.7 Å². The summed E-state index contributed by atoms with van der Waals surface area (Å²) in [5.74, 6) is 2.15. The van der Waals surface area contributed by atoms with Crippen molar-refractivity contribution in [3.05, 3.63) is 40.3 Å². The van der Waals surface area contributed by atoms with E-state index in [2.05, 4.69) is 20.6 Å². The normalized spacial score (nSPS) is 12.0. The third-order valence-electron chi connectivity index (χ3n) is 3.72. The molecule has 1 aromatic carbocycles. The zero-order chi connectivity index (χ0) is 21.1. The molecule has 10 heteroatoms. The fraction of sp³-hybridized carbons (Fsp3) is 0.474. The van der Waals surface area contributed by atoms with E-state index >= 15 is 0 Å². The monoisotopic (exact) mass is 430 g/mol. The minimum absolute atomic E-state index is 0.395. The average Bonchev–Trinajstić information content (AvgIpc) is 3.17. The number of ether oxygens (including phenoxy) is 2. The largest absolute Gasteiger partial charge is 0.497 e. The Kier molecular flexibility index (Phi) is 9.04. The molecular weight excluding hydrogens is 405 g/mol. The number of rotatable bonds is 10. The first kappa shape index (κ1) is 22.8. The Morgan fingerprint density at radius 3 is 2.52 bits per heavy atom. The first-order valence-electron chi connectivity index (χ1n) is 9.23. The van der Waals surface area contributed by atoms with Crippen LogP contribution in [0, 0.1) is 0 Å². The molecule has 160 valence electrons. The average molecular weight is 430 g/mol. The number of nitrogens with one attached hydrogen (secondary N) is 2. The van der Waals surface area contributed by atoms with Gasteiger partial charge < -0.3 is 20.1 Å². The number of hydrogen-bond donors (Lipinski definition) is 2. The second kappa shape index (κ2) is 11.5. The zero-order valence-corrected chi connectivity index (χ0v) is 17.2. The Labute approximate surface area is 172 Å². The molecule has 0 aliphatic rings. The summed E-state index contributed by atoms with van der Waals surface area (Å²) in [4.78, 5) is 8.06. The molecule has 1 aromatic heterocycles. The van der Waals surface area contributed by atoms with Gasteiger partial charge in [-0.15, -0.1) is 11.3 Å². The van der Waals surface area contributed by atoms with Crippen LogP contribution in [0.5, 0.6) is 11.5 Å². The number of aromatic nitrogens is 1. The summed E-state index contributed by atoms with van der Waals surface area (Å²) in [6.07, 6.45) is -3.28. The number of guanidine groups is 1. The Morgan fingerprint density at radius 2 is 1.90 bits per heavy atom. The van der Waals surface area contributed by atoms with E-state index < -0.39 is 11.9 Å². The van der Waals surface area contributed by atoms with Gasteiger partial charge in [-0.3, -0.25) is 4.99 Å². The molecule has 2 aromatic rings. The molecular formula is C19H25F3N4O2S. The number of aliphatic imine (C=N–C) groups is 1. The van der Waals surface area contributed by atoms with Crippen LogP contribution < -0.4 is 20.1 Å². The lowest BCUT2D eigenvalue weighted by Gasteiger charge is -2.11. The molecule has 0 unspecified atom stereocenters. The first-order chi connectivity index (χ1) is 13.9. The van der Waals surface area contributed by atoms with Gasteiger partial charge in [-0.2, -0.15) is 13.2 Å². The van der Waals surface area contributed by atoms with Crippen LogP contribution in [0.4, 0.5) is 13.2 Å². The summed E-state index contributed by atoms with van der Waals surface area (Å²) >= 11 is 1.01. The second-order valence-corrected chi connectivity index (χ2v) is 6.88. The summed E-state index contributed by atoms with van der Waals surface area (Å²) in [7, 11) is 1.61. The minimum atomic E-state index is -4.40. The Balaban J connectivity index is 1.70. The second-order valence-electron chi connectivity index (χ2n) is 5.94. The summed E-state index contributed by atoms with van der Waals surface area (Å²) in [5.41, 5.74) is -0.838. The number of hydrogen-bond acceptors (Lipinski definition) is 5. The predicted molar refractivity (Wildman–Crippen MR) is 108 cm³/mol. The number of halogens is 3. The third kappa shape index (κ3) is 8.18. The van der Waals surface area contributed by atoms with Crippen molar-refractivity contribution in [3.63, 3.8) is 0 Å². The molecule has 0 saturated carbocycles. The fourth-order valence-electron chi connectivity index (χ4n) is 2.30. The summed E-state index contributed by atoms with van der Waals surface area (Å²) in [5, 5.41) is 7.69. The molecule has 6 nitrogen and oxygen atoms in total. The highest BCUT2D eigenvalue weighted by molar-refractivity contribution is 7.09.